The van der Waals surface area contributed by atoms with Crippen molar-refractivity contribution in [2.24, 2.45) is 5.10 Å². The molecule has 2 unspecified atom stereocenters. The van der Waals surface area contributed by atoms with Crippen molar-refractivity contribution in [3.63, 3.8) is 0 Å². The van der Waals surface area contributed by atoms with E-state index in [-0.39, 0.29) is 12.0 Å². The SMILES string of the molecule is CNc1ccccc1C1C(c2ccccc2)=NNC1c1ccc(C)cc1. The van der Waals surface area contributed by atoms with Crippen molar-refractivity contribution in [1.82, 2.24) is 5.43 Å². The van der Waals surface area contributed by atoms with E-state index in [9.17, 15) is 0 Å². The fourth-order valence-electron chi connectivity index (χ4n) is 3.66. The van der Waals surface area contributed by atoms with E-state index in [1.165, 1.54) is 16.7 Å². The molecule has 3 heteroatoms. The molecule has 1 aliphatic rings. The molecule has 3 aromatic rings. The molecule has 3 aromatic carbocycles. The van der Waals surface area contributed by atoms with E-state index < -0.39 is 0 Å². The molecule has 1 heterocycles. The molecule has 2 atom stereocenters. The summed E-state index contributed by atoms with van der Waals surface area (Å²) in [5.41, 5.74) is 10.6. The second kappa shape index (κ2) is 7.04. The van der Waals surface area contributed by atoms with Crippen LogP contribution in [-0.4, -0.2) is 12.8 Å². The van der Waals surface area contributed by atoms with Gasteiger partial charge in [0.2, 0.25) is 0 Å². The number of hydrazone groups is 1. The number of rotatable bonds is 4. The van der Waals surface area contributed by atoms with Crippen LogP contribution in [0.5, 0.6) is 0 Å². The molecule has 4 rings (SSSR count). The maximum Gasteiger partial charge on any atom is 0.0815 e. The molecule has 0 fully saturated rings. The topological polar surface area (TPSA) is 36.4 Å². The number of hydrogen-bond donors (Lipinski definition) is 2. The van der Waals surface area contributed by atoms with Crippen molar-refractivity contribution in [3.8, 4) is 0 Å². The number of anilines is 1. The Morgan fingerprint density at radius 1 is 0.846 bits per heavy atom. The van der Waals surface area contributed by atoms with Crippen LogP contribution in [0.3, 0.4) is 0 Å². The lowest BCUT2D eigenvalue weighted by molar-refractivity contribution is 0.574. The van der Waals surface area contributed by atoms with Crippen molar-refractivity contribution in [1.29, 1.82) is 0 Å². The Morgan fingerprint density at radius 3 is 2.27 bits per heavy atom. The van der Waals surface area contributed by atoms with Crippen LogP contribution in [0.2, 0.25) is 0 Å². The van der Waals surface area contributed by atoms with Crippen molar-refractivity contribution in [2.45, 2.75) is 18.9 Å². The molecule has 0 aromatic heterocycles. The van der Waals surface area contributed by atoms with Gasteiger partial charge in [-0.2, -0.15) is 5.10 Å². The van der Waals surface area contributed by atoms with E-state index in [0.717, 1.165) is 17.0 Å². The van der Waals surface area contributed by atoms with Gasteiger partial charge in [-0.25, -0.2) is 0 Å². The maximum atomic E-state index is 4.76. The summed E-state index contributed by atoms with van der Waals surface area (Å²) in [5, 5.41) is 8.10. The molecule has 130 valence electrons. The van der Waals surface area contributed by atoms with E-state index in [1.54, 1.807) is 0 Å². The Morgan fingerprint density at radius 2 is 1.54 bits per heavy atom. The van der Waals surface area contributed by atoms with Crippen LogP contribution in [0.1, 0.15) is 34.2 Å². The molecule has 0 bridgehead atoms. The number of hydrogen-bond acceptors (Lipinski definition) is 3. The zero-order valence-corrected chi connectivity index (χ0v) is 15.1. The first-order valence-electron chi connectivity index (χ1n) is 8.99. The van der Waals surface area contributed by atoms with Gasteiger partial charge in [0.1, 0.15) is 0 Å². The average Bonchev–Trinajstić information content (AvgIpc) is 3.14. The zero-order chi connectivity index (χ0) is 17.9. The smallest absolute Gasteiger partial charge is 0.0815 e. The Hall–Kier alpha value is -3.07. The van der Waals surface area contributed by atoms with Gasteiger partial charge in [0.15, 0.2) is 0 Å². The van der Waals surface area contributed by atoms with Crippen molar-refractivity contribution in [2.75, 3.05) is 12.4 Å². The molecule has 2 N–H and O–H groups in total. The van der Waals surface area contributed by atoms with Crippen molar-refractivity contribution >= 4 is 11.4 Å². The van der Waals surface area contributed by atoms with Gasteiger partial charge in [-0.3, -0.25) is 0 Å². The van der Waals surface area contributed by atoms with Crippen molar-refractivity contribution < 1.29 is 0 Å². The molecule has 0 saturated heterocycles. The normalized spacial score (nSPS) is 18.9. The van der Waals surface area contributed by atoms with E-state index in [0.29, 0.717) is 0 Å². The quantitative estimate of drug-likeness (QED) is 0.710. The van der Waals surface area contributed by atoms with Crippen LogP contribution >= 0.6 is 0 Å². The van der Waals surface area contributed by atoms with Gasteiger partial charge in [0, 0.05) is 12.7 Å². The van der Waals surface area contributed by atoms with Crippen LogP contribution in [0.4, 0.5) is 5.69 Å². The van der Waals surface area contributed by atoms with Gasteiger partial charge in [-0.1, -0.05) is 78.4 Å². The fraction of sp³-hybridized carbons (Fsp3) is 0.174. The van der Waals surface area contributed by atoms with Crippen molar-refractivity contribution in [3.05, 3.63) is 101 Å². The van der Waals surface area contributed by atoms with Gasteiger partial charge in [0.05, 0.1) is 17.7 Å². The molecular weight excluding hydrogens is 318 g/mol. The Balaban J connectivity index is 1.82. The van der Waals surface area contributed by atoms with Gasteiger partial charge in [-0.05, 0) is 29.7 Å². The standard InChI is InChI=1S/C23H23N3/c1-16-12-14-18(15-13-16)23-21(19-10-6-7-11-20(19)24-2)22(25-26-23)17-8-4-3-5-9-17/h3-15,21,23-24,26H,1-2H3. The second-order valence-corrected chi connectivity index (χ2v) is 6.70. The number of nitrogens with zero attached hydrogens (tertiary/aromatic N) is 1. The monoisotopic (exact) mass is 341 g/mol. The summed E-state index contributed by atoms with van der Waals surface area (Å²) in [5.74, 6) is 0.142. The number of benzene rings is 3. The van der Waals surface area contributed by atoms with Gasteiger partial charge in [-0.15, -0.1) is 0 Å². The molecule has 0 radical (unpaired) electrons. The second-order valence-electron chi connectivity index (χ2n) is 6.70. The lowest BCUT2D eigenvalue weighted by Crippen LogP contribution is -2.21. The summed E-state index contributed by atoms with van der Waals surface area (Å²) in [6.07, 6.45) is 0. The largest absolute Gasteiger partial charge is 0.388 e. The number of para-hydroxylation sites is 1. The molecule has 1 aliphatic heterocycles. The highest BCUT2D eigenvalue weighted by Crippen LogP contribution is 2.40. The van der Waals surface area contributed by atoms with Gasteiger partial charge >= 0.3 is 0 Å². The first-order valence-corrected chi connectivity index (χ1v) is 8.99. The summed E-state index contributed by atoms with van der Waals surface area (Å²) in [6.45, 7) is 2.12. The molecule has 3 nitrogen and oxygen atoms in total. The highest BCUT2D eigenvalue weighted by atomic mass is 15.3. The van der Waals surface area contributed by atoms with E-state index in [4.69, 9.17) is 5.10 Å². The number of nitrogens with one attached hydrogen (secondary N) is 2. The van der Waals surface area contributed by atoms with E-state index in [1.807, 2.05) is 13.1 Å². The summed E-state index contributed by atoms with van der Waals surface area (Å²) in [4.78, 5) is 0. The van der Waals surface area contributed by atoms with Crippen LogP contribution in [0.25, 0.3) is 0 Å². The molecule has 0 spiro atoms. The number of aryl methyl sites for hydroxylation is 1. The minimum atomic E-state index is 0.111. The van der Waals surface area contributed by atoms with Gasteiger partial charge in [0.25, 0.3) is 0 Å². The molecular formula is C23H23N3. The molecule has 0 amide bonds. The summed E-state index contributed by atoms with van der Waals surface area (Å²) in [7, 11) is 1.97. The molecule has 0 aliphatic carbocycles. The van der Waals surface area contributed by atoms with Crippen LogP contribution in [0.15, 0.2) is 84.0 Å². The van der Waals surface area contributed by atoms with Crippen LogP contribution in [-0.2, 0) is 0 Å². The van der Waals surface area contributed by atoms with Crippen LogP contribution < -0.4 is 10.7 Å². The first kappa shape index (κ1) is 16.4. The molecule has 26 heavy (non-hydrogen) atoms. The third-order valence-electron chi connectivity index (χ3n) is 5.02. The highest BCUT2D eigenvalue weighted by Gasteiger charge is 2.36. The third kappa shape index (κ3) is 2.97. The highest BCUT2D eigenvalue weighted by molar-refractivity contribution is 6.07. The summed E-state index contributed by atoms with van der Waals surface area (Å²) >= 11 is 0. The zero-order valence-electron chi connectivity index (χ0n) is 15.1. The van der Waals surface area contributed by atoms with E-state index in [2.05, 4.69) is 90.5 Å². The molecule has 0 saturated carbocycles. The Bertz CT molecular complexity index is 914. The summed E-state index contributed by atoms with van der Waals surface area (Å²) < 4.78 is 0. The predicted molar refractivity (Wildman–Crippen MR) is 109 cm³/mol. The minimum Gasteiger partial charge on any atom is -0.388 e. The van der Waals surface area contributed by atoms with Crippen LogP contribution in [0, 0.1) is 6.92 Å². The van der Waals surface area contributed by atoms with E-state index >= 15 is 0 Å². The lowest BCUT2D eigenvalue weighted by atomic mass is 9.81. The average molecular weight is 341 g/mol. The maximum absolute atomic E-state index is 4.76. The minimum absolute atomic E-state index is 0.111. The predicted octanol–water partition coefficient (Wildman–Crippen LogP) is 4.87. The fourth-order valence-corrected chi connectivity index (χ4v) is 3.66. The third-order valence-corrected chi connectivity index (χ3v) is 5.02. The Labute approximate surface area is 154 Å². The summed E-state index contributed by atoms with van der Waals surface area (Å²) in [6, 6.07) is 27.8. The lowest BCUT2D eigenvalue weighted by Gasteiger charge is -2.24. The Kier molecular flexibility index (Phi) is 4.44. The first-order chi connectivity index (χ1) is 12.8. The van der Waals surface area contributed by atoms with Gasteiger partial charge < -0.3 is 10.7 Å².